The molecule has 0 aromatic heterocycles. The first-order chi connectivity index (χ1) is 12.8. The van der Waals surface area contributed by atoms with E-state index in [1.807, 2.05) is 0 Å². The molecule has 2 heterocycles. The number of aliphatic hydroxyl groups excluding tert-OH is 1. The van der Waals surface area contributed by atoms with Crippen molar-refractivity contribution in [1.29, 1.82) is 0 Å². The molecule has 138 valence electrons. The van der Waals surface area contributed by atoms with Gasteiger partial charge in [0.2, 0.25) is 0 Å². The SMILES string of the molecule is COc1ccc([C@H]2CN3CCC[C@@H]3c3cc(OCCCO)ccc32)cc1. The molecule has 2 atom stereocenters. The number of methoxy groups -OCH3 is 1. The number of hydrogen-bond acceptors (Lipinski definition) is 4. The fraction of sp³-hybridized carbons (Fsp3) is 0.455. The van der Waals surface area contributed by atoms with Crippen molar-refractivity contribution < 1.29 is 14.6 Å². The fourth-order valence-electron chi connectivity index (χ4n) is 4.35. The van der Waals surface area contributed by atoms with E-state index in [1.54, 1.807) is 7.11 Å². The van der Waals surface area contributed by atoms with Gasteiger partial charge < -0.3 is 14.6 Å². The Morgan fingerprint density at radius 1 is 1.08 bits per heavy atom. The largest absolute Gasteiger partial charge is 0.497 e. The topological polar surface area (TPSA) is 41.9 Å². The quantitative estimate of drug-likeness (QED) is 0.804. The Kier molecular flexibility index (Phi) is 5.14. The standard InChI is InChI=1S/C22H27NO3/c1-25-17-7-5-16(6-8-17)21-15-23-11-2-4-22(23)20-14-18(9-10-19(20)21)26-13-3-12-24/h5-10,14,21-22,24H,2-4,11-13,15H2,1H3/t21-,22-/m1/s1. The predicted octanol–water partition coefficient (Wildman–Crippen LogP) is 3.74. The van der Waals surface area contributed by atoms with Crippen LogP contribution >= 0.6 is 0 Å². The third-order valence-corrected chi connectivity index (χ3v) is 5.66. The molecule has 4 heteroatoms. The zero-order valence-corrected chi connectivity index (χ0v) is 15.4. The Morgan fingerprint density at radius 3 is 2.65 bits per heavy atom. The van der Waals surface area contributed by atoms with Crippen molar-refractivity contribution in [3.63, 3.8) is 0 Å². The minimum absolute atomic E-state index is 0.168. The van der Waals surface area contributed by atoms with Crippen LogP contribution in [0.2, 0.25) is 0 Å². The molecule has 0 unspecified atom stereocenters. The van der Waals surface area contributed by atoms with E-state index in [-0.39, 0.29) is 6.61 Å². The highest BCUT2D eigenvalue weighted by Gasteiger charge is 2.36. The summed E-state index contributed by atoms with van der Waals surface area (Å²) in [6, 6.07) is 15.6. The van der Waals surface area contributed by atoms with E-state index in [2.05, 4.69) is 47.4 Å². The van der Waals surface area contributed by atoms with E-state index in [4.69, 9.17) is 14.6 Å². The number of aliphatic hydroxyl groups is 1. The first-order valence-corrected chi connectivity index (χ1v) is 9.55. The molecule has 4 nitrogen and oxygen atoms in total. The summed E-state index contributed by atoms with van der Waals surface area (Å²) in [4.78, 5) is 2.62. The summed E-state index contributed by atoms with van der Waals surface area (Å²) < 4.78 is 11.2. The van der Waals surface area contributed by atoms with E-state index >= 15 is 0 Å². The molecule has 2 aromatic rings. The van der Waals surface area contributed by atoms with Crippen molar-refractivity contribution >= 4 is 0 Å². The number of hydrogen-bond donors (Lipinski definition) is 1. The van der Waals surface area contributed by atoms with Gasteiger partial charge in [0, 0.05) is 31.5 Å². The number of fused-ring (bicyclic) bond motifs is 3. The summed E-state index contributed by atoms with van der Waals surface area (Å²) in [5.74, 6) is 2.20. The highest BCUT2D eigenvalue weighted by atomic mass is 16.5. The van der Waals surface area contributed by atoms with Crippen molar-refractivity contribution in [1.82, 2.24) is 4.90 Å². The van der Waals surface area contributed by atoms with Crippen LogP contribution in [0.4, 0.5) is 0 Å². The van der Waals surface area contributed by atoms with Crippen LogP contribution in [0.5, 0.6) is 11.5 Å². The summed E-state index contributed by atoms with van der Waals surface area (Å²) in [6.07, 6.45) is 3.15. The van der Waals surface area contributed by atoms with Crippen molar-refractivity contribution in [2.24, 2.45) is 0 Å². The van der Waals surface area contributed by atoms with Crippen LogP contribution in [-0.2, 0) is 0 Å². The molecule has 4 rings (SSSR count). The molecule has 1 fully saturated rings. The van der Waals surface area contributed by atoms with Crippen molar-refractivity contribution in [2.75, 3.05) is 33.4 Å². The van der Waals surface area contributed by atoms with Gasteiger partial charge in [0.05, 0.1) is 13.7 Å². The lowest BCUT2D eigenvalue weighted by Gasteiger charge is -2.37. The summed E-state index contributed by atoms with van der Waals surface area (Å²) in [5, 5.41) is 8.96. The van der Waals surface area contributed by atoms with Gasteiger partial charge in [-0.05, 0) is 60.3 Å². The van der Waals surface area contributed by atoms with E-state index in [0.717, 1.165) is 18.0 Å². The zero-order valence-electron chi connectivity index (χ0n) is 15.4. The maximum Gasteiger partial charge on any atom is 0.119 e. The second kappa shape index (κ2) is 7.68. The second-order valence-corrected chi connectivity index (χ2v) is 7.20. The van der Waals surface area contributed by atoms with E-state index in [1.165, 1.54) is 36.1 Å². The van der Waals surface area contributed by atoms with Crippen molar-refractivity contribution in [3.8, 4) is 11.5 Å². The normalized spacial score (nSPS) is 21.9. The molecular formula is C22H27NO3. The third kappa shape index (κ3) is 3.31. The summed E-state index contributed by atoms with van der Waals surface area (Å²) in [7, 11) is 1.71. The summed E-state index contributed by atoms with van der Waals surface area (Å²) in [5.41, 5.74) is 4.18. The highest BCUT2D eigenvalue weighted by Crippen LogP contribution is 2.45. The Hall–Kier alpha value is -2.04. The monoisotopic (exact) mass is 353 g/mol. The molecule has 1 N–H and O–H groups in total. The van der Waals surface area contributed by atoms with Gasteiger partial charge in [-0.3, -0.25) is 4.90 Å². The maximum absolute atomic E-state index is 8.96. The lowest BCUT2D eigenvalue weighted by Crippen LogP contribution is -2.34. The van der Waals surface area contributed by atoms with Gasteiger partial charge in [-0.2, -0.15) is 0 Å². The zero-order chi connectivity index (χ0) is 17.9. The minimum Gasteiger partial charge on any atom is -0.497 e. The number of nitrogens with zero attached hydrogens (tertiary/aromatic N) is 1. The lowest BCUT2D eigenvalue weighted by molar-refractivity contribution is 0.224. The molecule has 0 saturated carbocycles. The molecule has 26 heavy (non-hydrogen) atoms. The Bertz CT molecular complexity index is 744. The van der Waals surface area contributed by atoms with Gasteiger partial charge in [0.25, 0.3) is 0 Å². The Balaban J connectivity index is 1.66. The molecule has 0 radical (unpaired) electrons. The first kappa shape index (κ1) is 17.4. The van der Waals surface area contributed by atoms with Crippen LogP contribution in [0.25, 0.3) is 0 Å². The van der Waals surface area contributed by atoms with Crippen LogP contribution in [-0.4, -0.2) is 43.4 Å². The van der Waals surface area contributed by atoms with Gasteiger partial charge in [0.1, 0.15) is 11.5 Å². The van der Waals surface area contributed by atoms with Gasteiger partial charge in [-0.1, -0.05) is 18.2 Å². The van der Waals surface area contributed by atoms with E-state index in [9.17, 15) is 0 Å². The molecule has 2 aliphatic rings. The molecule has 0 amide bonds. The van der Waals surface area contributed by atoms with Crippen LogP contribution in [0.1, 0.15) is 47.9 Å². The third-order valence-electron chi connectivity index (χ3n) is 5.66. The highest BCUT2D eigenvalue weighted by molar-refractivity contribution is 5.47. The van der Waals surface area contributed by atoms with Gasteiger partial charge in [-0.15, -0.1) is 0 Å². The average Bonchev–Trinajstić information content (AvgIpc) is 3.16. The van der Waals surface area contributed by atoms with Gasteiger partial charge in [-0.25, -0.2) is 0 Å². The molecule has 1 saturated heterocycles. The Labute approximate surface area is 155 Å². The first-order valence-electron chi connectivity index (χ1n) is 9.55. The molecule has 0 spiro atoms. The van der Waals surface area contributed by atoms with Crippen LogP contribution in [0.15, 0.2) is 42.5 Å². The smallest absolute Gasteiger partial charge is 0.119 e. The maximum atomic E-state index is 8.96. The fourth-order valence-corrected chi connectivity index (χ4v) is 4.35. The summed E-state index contributed by atoms with van der Waals surface area (Å²) >= 11 is 0. The molecule has 2 aliphatic heterocycles. The number of rotatable bonds is 6. The minimum atomic E-state index is 0.168. The summed E-state index contributed by atoms with van der Waals surface area (Å²) in [6.45, 7) is 2.98. The van der Waals surface area contributed by atoms with Crippen molar-refractivity contribution in [3.05, 3.63) is 59.2 Å². The average molecular weight is 353 g/mol. The molecular weight excluding hydrogens is 326 g/mol. The number of benzene rings is 2. The molecule has 2 aromatic carbocycles. The molecule has 0 aliphatic carbocycles. The van der Waals surface area contributed by atoms with E-state index < -0.39 is 0 Å². The predicted molar refractivity (Wildman–Crippen MR) is 102 cm³/mol. The number of ether oxygens (including phenoxy) is 2. The molecule has 0 bridgehead atoms. The van der Waals surface area contributed by atoms with Crippen LogP contribution in [0, 0.1) is 0 Å². The van der Waals surface area contributed by atoms with E-state index in [0.29, 0.717) is 25.0 Å². The van der Waals surface area contributed by atoms with Crippen molar-refractivity contribution in [2.45, 2.75) is 31.2 Å². The Morgan fingerprint density at radius 2 is 1.88 bits per heavy atom. The lowest BCUT2D eigenvalue weighted by atomic mass is 9.81. The van der Waals surface area contributed by atoms with Crippen LogP contribution < -0.4 is 9.47 Å². The van der Waals surface area contributed by atoms with Gasteiger partial charge in [0.15, 0.2) is 0 Å². The van der Waals surface area contributed by atoms with Crippen LogP contribution in [0.3, 0.4) is 0 Å². The van der Waals surface area contributed by atoms with Gasteiger partial charge >= 0.3 is 0 Å². The second-order valence-electron chi connectivity index (χ2n) is 7.20.